The number of carbonyl (C=O) groups excluding carboxylic acids is 1. The molecule has 160 valence electrons. The number of fused-ring (bicyclic) bond motifs is 3. The second kappa shape index (κ2) is 6.85. The van der Waals surface area contributed by atoms with Gasteiger partial charge in [0.2, 0.25) is 0 Å². The van der Waals surface area contributed by atoms with Gasteiger partial charge in [0.15, 0.2) is 5.69 Å². The lowest BCUT2D eigenvalue weighted by Crippen LogP contribution is -2.55. The molecule has 3 aliphatic rings. The molecule has 0 spiro atoms. The van der Waals surface area contributed by atoms with E-state index in [9.17, 15) is 4.79 Å². The molecule has 2 fully saturated rings. The van der Waals surface area contributed by atoms with Gasteiger partial charge >= 0.3 is 0 Å². The number of aromatic nitrogens is 2. The molecule has 1 aromatic carbocycles. The Morgan fingerprint density at radius 1 is 1.23 bits per heavy atom. The summed E-state index contributed by atoms with van der Waals surface area (Å²) in [7, 11) is 0. The molecule has 3 aliphatic carbocycles. The van der Waals surface area contributed by atoms with Crippen molar-refractivity contribution in [1.82, 2.24) is 10.2 Å². The fourth-order valence-electron chi connectivity index (χ4n) is 6.81. The van der Waals surface area contributed by atoms with Gasteiger partial charge in [-0.2, -0.15) is 5.10 Å². The molecule has 3 atom stereocenters. The predicted molar refractivity (Wildman–Crippen MR) is 121 cm³/mol. The summed E-state index contributed by atoms with van der Waals surface area (Å²) in [6.07, 6.45) is 7.83. The summed E-state index contributed by atoms with van der Waals surface area (Å²) >= 11 is 6.53. The van der Waals surface area contributed by atoms with Crippen LogP contribution >= 0.6 is 11.6 Å². The number of aromatic amines is 1. The first-order chi connectivity index (χ1) is 14.2. The van der Waals surface area contributed by atoms with Gasteiger partial charge in [-0.05, 0) is 86.3 Å². The molecule has 2 aromatic rings. The van der Waals surface area contributed by atoms with Gasteiger partial charge in [0.1, 0.15) is 0 Å². The lowest BCUT2D eigenvalue weighted by atomic mass is 9.67. The smallest absolute Gasteiger partial charge is 0.279 e. The fourth-order valence-corrected chi connectivity index (χ4v) is 6.98. The van der Waals surface area contributed by atoms with Gasteiger partial charge in [0, 0.05) is 28.0 Å². The summed E-state index contributed by atoms with van der Waals surface area (Å²) in [6.45, 7) is 9.08. The highest BCUT2D eigenvalue weighted by molar-refractivity contribution is 6.31. The largest absolute Gasteiger partial charge is 0.303 e. The summed E-state index contributed by atoms with van der Waals surface area (Å²) in [6, 6.07) is 6.19. The summed E-state index contributed by atoms with van der Waals surface area (Å²) < 4.78 is 0. The lowest BCUT2D eigenvalue weighted by molar-refractivity contribution is 0.0847. The molecule has 1 N–H and O–H groups in total. The minimum atomic E-state index is 0.0289. The van der Waals surface area contributed by atoms with Crippen LogP contribution in [0.5, 0.6) is 0 Å². The summed E-state index contributed by atoms with van der Waals surface area (Å²) in [5.41, 5.74) is 4.99. The SMILES string of the molecule is Cc1ccc(N(C(=O)c2n[nH]c3c2CCCC3)C2C(C)(C)C3CC[C@@]2(C)C3)cc1Cl. The van der Waals surface area contributed by atoms with Crippen molar-refractivity contribution < 1.29 is 4.79 Å². The third-order valence-corrected chi connectivity index (χ3v) is 8.77. The number of hydrogen-bond donors (Lipinski definition) is 1. The highest BCUT2D eigenvalue weighted by atomic mass is 35.5. The monoisotopic (exact) mass is 425 g/mol. The number of aryl methyl sites for hydroxylation is 2. The third-order valence-electron chi connectivity index (χ3n) is 8.36. The van der Waals surface area contributed by atoms with Crippen molar-refractivity contribution in [3.8, 4) is 0 Å². The van der Waals surface area contributed by atoms with Gasteiger partial charge in [0.05, 0.1) is 0 Å². The number of carbonyl (C=O) groups is 1. The summed E-state index contributed by atoms with van der Waals surface area (Å²) in [5.74, 6) is 0.679. The number of nitrogens with zero attached hydrogens (tertiary/aromatic N) is 2. The Kier molecular flexibility index (Phi) is 4.59. The molecule has 0 aliphatic heterocycles. The van der Waals surface area contributed by atoms with Crippen LogP contribution in [0.4, 0.5) is 5.69 Å². The molecule has 4 nitrogen and oxygen atoms in total. The van der Waals surface area contributed by atoms with E-state index in [2.05, 4.69) is 41.9 Å². The van der Waals surface area contributed by atoms with Crippen LogP contribution in [0.3, 0.4) is 0 Å². The van der Waals surface area contributed by atoms with Gasteiger partial charge < -0.3 is 4.90 Å². The minimum absolute atomic E-state index is 0.0289. The van der Waals surface area contributed by atoms with Crippen LogP contribution in [0.15, 0.2) is 18.2 Å². The molecule has 1 aromatic heterocycles. The van der Waals surface area contributed by atoms with Crippen LogP contribution < -0.4 is 4.90 Å². The Balaban J connectivity index is 1.65. The second-order valence-electron chi connectivity index (χ2n) is 10.7. The van der Waals surface area contributed by atoms with Crippen LogP contribution in [0, 0.1) is 23.7 Å². The Morgan fingerprint density at radius 3 is 2.70 bits per heavy atom. The van der Waals surface area contributed by atoms with E-state index >= 15 is 0 Å². The maximum absolute atomic E-state index is 14.2. The van der Waals surface area contributed by atoms with E-state index in [0.29, 0.717) is 16.6 Å². The van der Waals surface area contributed by atoms with E-state index < -0.39 is 0 Å². The molecule has 5 rings (SSSR count). The fraction of sp³-hybridized carbons (Fsp3) is 0.600. The topological polar surface area (TPSA) is 49.0 Å². The number of benzene rings is 1. The van der Waals surface area contributed by atoms with Crippen molar-refractivity contribution in [2.45, 2.75) is 78.7 Å². The van der Waals surface area contributed by atoms with Crippen LogP contribution in [-0.4, -0.2) is 22.1 Å². The Bertz CT molecular complexity index is 1010. The number of rotatable bonds is 3. The zero-order valence-corrected chi connectivity index (χ0v) is 19.3. The number of anilines is 1. The van der Waals surface area contributed by atoms with E-state index in [4.69, 9.17) is 11.6 Å². The third kappa shape index (κ3) is 2.86. The summed E-state index contributed by atoms with van der Waals surface area (Å²) in [4.78, 5) is 16.2. The Labute approximate surface area is 184 Å². The molecule has 5 heteroatoms. The maximum atomic E-state index is 14.2. The van der Waals surface area contributed by atoms with Crippen molar-refractivity contribution >= 4 is 23.2 Å². The van der Waals surface area contributed by atoms with Crippen LogP contribution in [0.25, 0.3) is 0 Å². The minimum Gasteiger partial charge on any atom is -0.303 e. The number of H-pyrrole nitrogens is 1. The zero-order chi connectivity index (χ0) is 21.3. The standard InChI is InChI=1S/C25H32ClN3O/c1-15-9-10-17(13-19(15)26)29(23-24(2,3)16-11-12-25(23,4)14-16)22(30)21-18-7-5-6-8-20(18)27-28-21/h9-10,13,16,23H,5-8,11-12,14H2,1-4H3,(H,27,28)/t16?,23?,25-/m0/s1. The van der Waals surface area contributed by atoms with Crippen molar-refractivity contribution in [3.63, 3.8) is 0 Å². The van der Waals surface area contributed by atoms with Gasteiger partial charge in [0.25, 0.3) is 5.91 Å². The second-order valence-corrected chi connectivity index (χ2v) is 11.1. The van der Waals surface area contributed by atoms with Gasteiger partial charge in [-0.15, -0.1) is 0 Å². The first kappa shape index (κ1) is 20.1. The molecule has 2 saturated carbocycles. The van der Waals surface area contributed by atoms with Crippen molar-refractivity contribution in [2.24, 2.45) is 16.7 Å². The van der Waals surface area contributed by atoms with Crippen LogP contribution in [-0.2, 0) is 12.8 Å². The van der Waals surface area contributed by atoms with E-state index in [1.165, 1.54) is 19.3 Å². The highest BCUT2D eigenvalue weighted by Gasteiger charge is 2.62. The van der Waals surface area contributed by atoms with Gasteiger partial charge in [-0.1, -0.05) is 38.4 Å². The van der Waals surface area contributed by atoms with E-state index in [1.807, 2.05) is 19.1 Å². The molecule has 30 heavy (non-hydrogen) atoms. The number of hydrogen-bond acceptors (Lipinski definition) is 2. The molecule has 0 saturated heterocycles. The highest BCUT2D eigenvalue weighted by Crippen LogP contribution is 2.64. The first-order valence-electron chi connectivity index (χ1n) is 11.4. The molecule has 1 heterocycles. The lowest BCUT2D eigenvalue weighted by Gasteiger charge is -2.48. The summed E-state index contributed by atoms with van der Waals surface area (Å²) in [5, 5.41) is 8.41. The van der Waals surface area contributed by atoms with Crippen LogP contribution in [0.1, 0.15) is 80.2 Å². The predicted octanol–water partition coefficient (Wildman–Crippen LogP) is 6.11. The molecule has 2 bridgehead atoms. The number of halogens is 1. The molecule has 2 unspecified atom stereocenters. The number of nitrogens with one attached hydrogen (secondary N) is 1. The molecular formula is C25H32ClN3O. The van der Waals surface area contributed by atoms with Gasteiger partial charge in [-0.25, -0.2) is 0 Å². The van der Waals surface area contributed by atoms with Crippen molar-refractivity contribution in [2.75, 3.05) is 4.90 Å². The van der Waals surface area contributed by atoms with E-state index in [-0.39, 0.29) is 22.8 Å². The van der Waals surface area contributed by atoms with E-state index in [0.717, 1.165) is 48.2 Å². The molecule has 0 radical (unpaired) electrons. The average molecular weight is 426 g/mol. The Hall–Kier alpha value is -1.81. The quantitative estimate of drug-likeness (QED) is 0.644. The van der Waals surface area contributed by atoms with Crippen LogP contribution in [0.2, 0.25) is 5.02 Å². The van der Waals surface area contributed by atoms with Gasteiger partial charge in [-0.3, -0.25) is 9.89 Å². The van der Waals surface area contributed by atoms with E-state index in [1.54, 1.807) is 0 Å². The molecular weight excluding hydrogens is 394 g/mol. The van der Waals surface area contributed by atoms with Crippen molar-refractivity contribution in [3.05, 3.63) is 45.7 Å². The maximum Gasteiger partial charge on any atom is 0.279 e. The number of amides is 1. The normalized spacial score (nSPS) is 29.1. The van der Waals surface area contributed by atoms with Crippen molar-refractivity contribution in [1.29, 1.82) is 0 Å². The average Bonchev–Trinajstić information content (AvgIpc) is 3.36. The zero-order valence-electron chi connectivity index (χ0n) is 18.5. The Morgan fingerprint density at radius 2 is 2.00 bits per heavy atom. The first-order valence-corrected chi connectivity index (χ1v) is 11.8. The molecule has 1 amide bonds.